The van der Waals surface area contributed by atoms with E-state index in [9.17, 15) is 9.59 Å². The smallest absolute Gasteiger partial charge is 0.266 e. The van der Waals surface area contributed by atoms with Crippen molar-refractivity contribution >= 4 is 29.0 Å². The Morgan fingerprint density at radius 2 is 1.93 bits per heavy atom. The van der Waals surface area contributed by atoms with E-state index < -0.39 is 0 Å². The highest BCUT2D eigenvalue weighted by Gasteiger charge is 2.19. The van der Waals surface area contributed by atoms with Crippen LogP contribution < -0.4 is 10.9 Å². The minimum Gasteiger partial charge on any atom is -0.347 e. The molecular weight excluding hydrogens is 370 g/mol. The van der Waals surface area contributed by atoms with Crippen LogP contribution in [0.15, 0.2) is 41.2 Å². The molecule has 2 N–H and O–H groups in total. The van der Waals surface area contributed by atoms with E-state index in [0.29, 0.717) is 21.2 Å². The summed E-state index contributed by atoms with van der Waals surface area (Å²) >= 11 is 5.47. The Balaban J connectivity index is 2.14. The number of nitrogens with one attached hydrogen (secondary N) is 2. The minimum absolute atomic E-state index is 0.174. The SMILES string of the molecule is CCC(C)(C)NC(=O)c1ccc2c(=O)n(-c3cccc(C)c3C)c(=S)[nH]c2c1. The maximum Gasteiger partial charge on any atom is 0.266 e. The summed E-state index contributed by atoms with van der Waals surface area (Å²) in [6.45, 7) is 9.94. The molecule has 0 atom stereocenters. The summed E-state index contributed by atoms with van der Waals surface area (Å²) < 4.78 is 1.82. The van der Waals surface area contributed by atoms with Crippen molar-refractivity contribution in [1.82, 2.24) is 14.9 Å². The maximum absolute atomic E-state index is 13.1. The Morgan fingerprint density at radius 3 is 2.61 bits per heavy atom. The van der Waals surface area contributed by atoms with E-state index in [4.69, 9.17) is 12.2 Å². The van der Waals surface area contributed by atoms with Crippen molar-refractivity contribution < 1.29 is 4.79 Å². The third-order valence-corrected chi connectivity index (χ3v) is 5.60. The lowest BCUT2D eigenvalue weighted by Crippen LogP contribution is -2.42. The number of aromatic amines is 1. The van der Waals surface area contributed by atoms with Crippen LogP contribution in [0, 0.1) is 18.6 Å². The second-order valence-electron chi connectivity index (χ2n) is 7.74. The number of aryl methyl sites for hydroxylation is 1. The Hall–Kier alpha value is -2.73. The number of carbonyl (C=O) groups excluding carboxylic acids is 1. The van der Waals surface area contributed by atoms with Gasteiger partial charge in [-0.05, 0) is 81.7 Å². The molecule has 0 unspecified atom stereocenters. The van der Waals surface area contributed by atoms with Crippen molar-refractivity contribution in [2.75, 3.05) is 0 Å². The number of hydrogen-bond donors (Lipinski definition) is 2. The summed E-state index contributed by atoms with van der Waals surface area (Å²) in [6.07, 6.45) is 0.815. The Kier molecular flexibility index (Phi) is 5.26. The third-order valence-electron chi connectivity index (χ3n) is 5.31. The van der Waals surface area contributed by atoms with Gasteiger partial charge in [0.1, 0.15) is 0 Å². The molecule has 0 saturated heterocycles. The van der Waals surface area contributed by atoms with E-state index in [1.165, 1.54) is 4.57 Å². The number of rotatable bonds is 4. The summed E-state index contributed by atoms with van der Waals surface area (Å²) in [4.78, 5) is 28.8. The Morgan fingerprint density at radius 1 is 1.21 bits per heavy atom. The van der Waals surface area contributed by atoms with E-state index in [-0.39, 0.29) is 17.0 Å². The van der Waals surface area contributed by atoms with Gasteiger partial charge in [-0.15, -0.1) is 0 Å². The monoisotopic (exact) mass is 395 g/mol. The van der Waals surface area contributed by atoms with Gasteiger partial charge < -0.3 is 10.3 Å². The van der Waals surface area contributed by atoms with Crippen LogP contribution in [0.1, 0.15) is 48.7 Å². The van der Waals surface area contributed by atoms with Crippen LogP contribution in [0.3, 0.4) is 0 Å². The standard InChI is InChI=1S/C22H25N3O2S/c1-6-22(4,5)24-19(26)15-10-11-16-17(12-15)23-21(28)25(20(16)27)18-9-7-8-13(2)14(18)3/h7-12H,6H2,1-5H3,(H,23,28)(H,24,26). The van der Waals surface area contributed by atoms with Gasteiger partial charge in [-0.3, -0.25) is 14.2 Å². The lowest BCUT2D eigenvalue weighted by molar-refractivity contribution is 0.0911. The van der Waals surface area contributed by atoms with E-state index in [2.05, 4.69) is 10.3 Å². The van der Waals surface area contributed by atoms with Crippen LogP contribution in [0.4, 0.5) is 0 Å². The van der Waals surface area contributed by atoms with Crippen molar-refractivity contribution in [2.45, 2.75) is 46.6 Å². The van der Waals surface area contributed by atoms with Crippen LogP contribution in [0.25, 0.3) is 16.6 Å². The molecule has 0 saturated carbocycles. The first-order chi connectivity index (χ1) is 13.1. The zero-order valence-corrected chi connectivity index (χ0v) is 17.7. The molecule has 1 heterocycles. The van der Waals surface area contributed by atoms with Gasteiger partial charge in [-0.1, -0.05) is 19.1 Å². The van der Waals surface area contributed by atoms with Gasteiger partial charge >= 0.3 is 0 Å². The van der Waals surface area contributed by atoms with Crippen molar-refractivity contribution in [3.8, 4) is 5.69 Å². The number of amides is 1. The van der Waals surface area contributed by atoms with Crippen molar-refractivity contribution in [2.24, 2.45) is 0 Å². The molecule has 2 aromatic carbocycles. The average Bonchev–Trinajstić information content (AvgIpc) is 2.64. The number of aromatic nitrogens is 2. The number of hydrogen-bond acceptors (Lipinski definition) is 3. The molecule has 0 aliphatic heterocycles. The van der Waals surface area contributed by atoms with Gasteiger partial charge in [0.15, 0.2) is 4.77 Å². The lowest BCUT2D eigenvalue weighted by atomic mass is 10.0. The Labute approximate surface area is 169 Å². The molecule has 0 spiro atoms. The third kappa shape index (κ3) is 3.64. The molecular formula is C22H25N3O2S. The fraction of sp³-hybridized carbons (Fsp3) is 0.318. The van der Waals surface area contributed by atoms with Gasteiger partial charge in [0.05, 0.1) is 16.6 Å². The summed E-state index contributed by atoms with van der Waals surface area (Å²) in [5.41, 5.74) is 3.39. The molecule has 3 aromatic rings. The van der Waals surface area contributed by atoms with Crippen LogP contribution in [-0.2, 0) is 0 Å². The largest absolute Gasteiger partial charge is 0.347 e. The van der Waals surface area contributed by atoms with E-state index in [0.717, 1.165) is 23.2 Å². The van der Waals surface area contributed by atoms with Crippen molar-refractivity contribution in [3.05, 3.63) is 68.2 Å². The first-order valence-corrected chi connectivity index (χ1v) is 9.73. The van der Waals surface area contributed by atoms with E-state index in [1.54, 1.807) is 18.2 Å². The predicted molar refractivity (Wildman–Crippen MR) is 116 cm³/mol. The van der Waals surface area contributed by atoms with Gasteiger partial charge in [0.25, 0.3) is 11.5 Å². The average molecular weight is 396 g/mol. The molecule has 1 aromatic heterocycles. The van der Waals surface area contributed by atoms with E-state index >= 15 is 0 Å². The zero-order valence-electron chi connectivity index (χ0n) is 16.8. The van der Waals surface area contributed by atoms with Gasteiger partial charge in [0.2, 0.25) is 0 Å². The molecule has 0 aliphatic carbocycles. The molecule has 6 heteroatoms. The fourth-order valence-corrected chi connectivity index (χ4v) is 3.31. The molecule has 0 radical (unpaired) electrons. The summed E-state index contributed by atoms with van der Waals surface area (Å²) in [5.74, 6) is -0.174. The first-order valence-electron chi connectivity index (χ1n) is 9.33. The summed E-state index contributed by atoms with van der Waals surface area (Å²) in [6, 6.07) is 10.8. The molecule has 0 fully saturated rings. The lowest BCUT2D eigenvalue weighted by Gasteiger charge is -2.24. The molecule has 146 valence electrons. The minimum atomic E-state index is -0.301. The molecule has 28 heavy (non-hydrogen) atoms. The Bertz CT molecular complexity index is 1190. The first kappa shape index (κ1) is 20.0. The zero-order chi connectivity index (χ0) is 20.6. The molecule has 5 nitrogen and oxygen atoms in total. The van der Waals surface area contributed by atoms with Crippen molar-refractivity contribution in [3.63, 3.8) is 0 Å². The number of nitrogens with zero attached hydrogens (tertiary/aromatic N) is 1. The highest BCUT2D eigenvalue weighted by molar-refractivity contribution is 7.71. The molecule has 0 bridgehead atoms. The van der Waals surface area contributed by atoms with Gasteiger partial charge in [-0.2, -0.15) is 0 Å². The normalized spacial score (nSPS) is 11.6. The highest BCUT2D eigenvalue weighted by atomic mass is 32.1. The van der Waals surface area contributed by atoms with Crippen LogP contribution >= 0.6 is 12.2 Å². The van der Waals surface area contributed by atoms with Gasteiger partial charge in [-0.25, -0.2) is 0 Å². The van der Waals surface area contributed by atoms with Crippen LogP contribution in [0.2, 0.25) is 0 Å². The number of H-pyrrole nitrogens is 1. The van der Waals surface area contributed by atoms with Crippen LogP contribution in [0.5, 0.6) is 0 Å². The number of fused-ring (bicyclic) bond motifs is 1. The van der Waals surface area contributed by atoms with E-state index in [1.807, 2.05) is 52.8 Å². The highest BCUT2D eigenvalue weighted by Crippen LogP contribution is 2.19. The summed E-state index contributed by atoms with van der Waals surface area (Å²) in [5, 5.41) is 3.49. The van der Waals surface area contributed by atoms with Gasteiger partial charge in [0, 0.05) is 11.1 Å². The van der Waals surface area contributed by atoms with Crippen molar-refractivity contribution in [1.29, 1.82) is 0 Å². The second-order valence-corrected chi connectivity index (χ2v) is 8.13. The molecule has 1 amide bonds. The number of carbonyl (C=O) groups is 1. The maximum atomic E-state index is 13.1. The topological polar surface area (TPSA) is 66.9 Å². The molecule has 3 rings (SSSR count). The fourth-order valence-electron chi connectivity index (χ4n) is 3.02. The quantitative estimate of drug-likeness (QED) is 0.635. The summed E-state index contributed by atoms with van der Waals surface area (Å²) in [7, 11) is 0. The second kappa shape index (κ2) is 7.36. The van der Waals surface area contributed by atoms with Crippen LogP contribution in [-0.4, -0.2) is 21.0 Å². The number of benzene rings is 2. The molecule has 0 aliphatic rings. The predicted octanol–water partition coefficient (Wildman–Crippen LogP) is 4.58.